The number of benzene rings is 1. The van der Waals surface area contributed by atoms with Gasteiger partial charge in [0.25, 0.3) is 0 Å². The molecule has 5 nitrogen and oxygen atoms in total. The van der Waals surface area contributed by atoms with Crippen molar-refractivity contribution in [1.82, 2.24) is 4.57 Å². The Bertz CT molecular complexity index is 797. The van der Waals surface area contributed by atoms with Gasteiger partial charge in [0.05, 0.1) is 17.0 Å². The molecule has 2 aromatic rings. The first-order valence-corrected chi connectivity index (χ1v) is 6.62. The molecule has 2 rings (SSSR count). The fourth-order valence-corrected chi connectivity index (χ4v) is 2.14. The van der Waals surface area contributed by atoms with Gasteiger partial charge in [-0.2, -0.15) is 5.26 Å². The SMILES string of the molecule is CC(C)(C#N)CCn1cc(C(=O)O)c(=O)c2ccccc21. The minimum atomic E-state index is -1.24. The molecule has 0 fully saturated rings. The highest BCUT2D eigenvalue weighted by Gasteiger charge is 2.18. The van der Waals surface area contributed by atoms with Gasteiger partial charge in [0.1, 0.15) is 5.56 Å². The van der Waals surface area contributed by atoms with Crippen molar-refractivity contribution in [2.75, 3.05) is 0 Å². The predicted octanol–water partition coefficient (Wildman–Crippen LogP) is 2.64. The van der Waals surface area contributed by atoms with Crippen LogP contribution in [-0.2, 0) is 6.54 Å². The van der Waals surface area contributed by atoms with Crippen LogP contribution in [0.2, 0.25) is 0 Å². The molecule has 0 radical (unpaired) electrons. The van der Waals surface area contributed by atoms with Gasteiger partial charge in [-0.15, -0.1) is 0 Å². The molecule has 0 aliphatic carbocycles. The van der Waals surface area contributed by atoms with E-state index in [-0.39, 0.29) is 5.56 Å². The molecule has 108 valence electrons. The molecule has 0 spiro atoms. The average Bonchev–Trinajstić information content (AvgIpc) is 2.46. The molecule has 0 amide bonds. The van der Waals surface area contributed by atoms with E-state index in [0.717, 1.165) is 0 Å². The lowest BCUT2D eigenvalue weighted by molar-refractivity contribution is 0.0695. The third-order valence-electron chi connectivity index (χ3n) is 3.50. The van der Waals surface area contributed by atoms with E-state index in [1.807, 2.05) is 13.8 Å². The number of carboxylic acids is 1. The van der Waals surface area contributed by atoms with Gasteiger partial charge in [-0.3, -0.25) is 4.79 Å². The lowest BCUT2D eigenvalue weighted by Crippen LogP contribution is -2.20. The van der Waals surface area contributed by atoms with E-state index in [0.29, 0.717) is 23.9 Å². The van der Waals surface area contributed by atoms with Crippen LogP contribution in [0.5, 0.6) is 0 Å². The Kier molecular flexibility index (Phi) is 3.81. The number of carbonyl (C=O) groups is 1. The Morgan fingerprint density at radius 2 is 2.05 bits per heavy atom. The molecule has 0 bridgehead atoms. The van der Waals surface area contributed by atoms with Crippen molar-refractivity contribution in [2.45, 2.75) is 26.8 Å². The van der Waals surface area contributed by atoms with Crippen LogP contribution in [-0.4, -0.2) is 15.6 Å². The summed E-state index contributed by atoms with van der Waals surface area (Å²) < 4.78 is 1.74. The second-order valence-electron chi connectivity index (χ2n) is 5.63. The van der Waals surface area contributed by atoms with E-state index in [9.17, 15) is 9.59 Å². The summed E-state index contributed by atoms with van der Waals surface area (Å²) in [5.74, 6) is -1.24. The summed E-state index contributed by atoms with van der Waals surface area (Å²) in [5, 5.41) is 18.6. The van der Waals surface area contributed by atoms with Gasteiger partial charge < -0.3 is 9.67 Å². The average molecular weight is 284 g/mol. The number of aryl methyl sites for hydroxylation is 1. The topological polar surface area (TPSA) is 83.1 Å². The number of aromatic nitrogens is 1. The summed E-state index contributed by atoms with van der Waals surface area (Å²) in [5.41, 5.74) is -0.549. The van der Waals surface area contributed by atoms with Crippen LogP contribution < -0.4 is 5.43 Å². The number of para-hydroxylation sites is 1. The first-order chi connectivity index (χ1) is 9.85. The number of nitriles is 1. The maximum absolute atomic E-state index is 12.1. The van der Waals surface area contributed by atoms with Crippen molar-refractivity contribution in [3.05, 3.63) is 46.2 Å². The second-order valence-corrected chi connectivity index (χ2v) is 5.63. The number of pyridine rings is 1. The van der Waals surface area contributed by atoms with Crippen LogP contribution in [0.3, 0.4) is 0 Å². The van der Waals surface area contributed by atoms with Crippen molar-refractivity contribution >= 4 is 16.9 Å². The molecule has 0 saturated heterocycles. The van der Waals surface area contributed by atoms with Crippen molar-refractivity contribution in [1.29, 1.82) is 5.26 Å². The third-order valence-corrected chi connectivity index (χ3v) is 3.50. The molecule has 5 heteroatoms. The van der Waals surface area contributed by atoms with E-state index >= 15 is 0 Å². The van der Waals surface area contributed by atoms with Crippen molar-refractivity contribution in [3.63, 3.8) is 0 Å². The van der Waals surface area contributed by atoms with Crippen LogP contribution in [0.15, 0.2) is 35.3 Å². The molecule has 0 saturated carbocycles. The summed E-state index contributed by atoms with van der Waals surface area (Å²) in [6.45, 7) is 4.13. The van der Waals surface area contributed by atoms with Crippen LogP contribution >= 0.6 is 0 Å². The summed E-state index contributed by atoms with van der Waals surface area (Å²) >= 11 is 0. The molecule has 21 heavy (non-hydrogen) atoms. The Hall–Kier alpha value is -2.61. The van der Waals surface area contributed by atoms with Gasteiger partial charge in [0, 0.05) is 18.1 Å². The third kappa shape index (κ3) is 2.95. The monoisotopic (exact) mass is 284 g/mol. The number of hydrogen-bond acceptors (Lipinski definition) is 3. The molecule has 0 aliphatic heterocycles. The number of nitrogens with zero attached hydrogens (tertiary/aromatic N) is 2. The fourth-order valence-electron chi connectivity index (χ4n) is 2.14. The fraction of sp³-hybridized carbons (Fsp3) is 0.312. The Morgan fingerprint density at radius 1 is 1.38 bits per heavy atom. The minimum Gasteiger partial charge on any atom is -0.477 e. The number of hydrogen-bond donors (Lipinski definition) is 1. The zero-order valence-electron chi connectivity index (χ0n) is 12.0. The first-order valence-electron chi connectivity index (χ1n) is 6.62. The normalized spacial score (nSPS) is 11.3. The minimum absolute atomic E-state index is 0.247. The van der Waals surface area contributed by atoms with Gasteiger partial charge in [-0.05, 0) is 32.4 Å². The Morgan fingerprint density at radius 3 is 2.67 bits per heavy atom. The van der Waals surface area contributed by atoms with Gasteiger partial charge in [-0.25, -0.2) is 4.79 Å². The number of aromatic carboxylic acids is 1. The van der Waals surface area contributed by atoms with Crippen LogP contribution in [0.25, 0.3) is 10.9 Å². The van der Waals surface area contributed by atoms with Gasteiger partial charge in [0.2, 0.25) is 5.43 Å². The van der Waals surface area contributed by atoms with E-state index in [4.69, 9.17) is 10.4 Å². The highest BCUT2D eigenvalue weighted by Crippen LogP contribution is 2.21. The van der Waals surface area contributed by atoms with Crippen LogP contribution in [0.4, 0.5) is 0 Å². The van der Waals surface area contributed by atoms with Gasteiger partial charge in [-0.1, -0.05) is 12.1 Å². The maximum Gasteiger partial charge on any atom is 0.341 e. The van der Waals surface area contributed by atoms with Gasteiger partial charge >= 0.3 is 5.97 Å². The van der Waals surface area contributed by atoms with Crippen molar-refractivity contribution in [3.8, 4) is 6.07 Å². The molecule has 0 aliphatic rings. The highest BCUT2D eigenvalue weighted by atomic mass is 16.4. The zero-order valence-corrected chi connectivity index (χ0v) is 12.0. The molecule has 1 heterocycles. The zero-order chi connectivity index (χ0) is 15.6. The molecule has 1 aromatic heterocycles. The number of carboxylic acid groups (broad SMARTS) is 1. The van der Waals surface area contributed by atoms with Crippen LogP contribution in [0.1, 0.15) is 30.6 Å². The molecule has 0 unspecified atom stereocenters. The standard InChI is InChI=1S/C16H16N2O3/c1-16(2,10-17)7-8-18-9-12(15(20)21)14(19)11-5-3-4-6-13(11)18/h3-6,9H,7-8H2,1-2H3,(H,20,21). The molecule has 0 atom stereocenters. The smallest absolute Gasteiger partial charge is 0.341 e. The largest absolute Gasteiger partial charge is 0.477 e. The summed E-state index contributed by atoms with van der Waals surface area (Å²) in [4.78, 5) is 23.3. The lowest BCUT2D eigenvalue weighted by Gasteiger charge is -2.18. The lowest BCUT2D eigenvalue weighted by atomic mass is 9.91. The van der Waals surface area contributed by atoms with E-state index < -0.39 is 16.8 Å². The summed E-state index contributed by atoms with van der Waals surface area (Å²) in [7, 11) is 0. The van der Waals surface area contributed by atoms with Crippen molar-refractivity contribution in [2.24, 2.45) is 5.41 Å². The number of fused-ring (bicyclic) bond motifs is 1. The Balaban J connectivity index is 2.58. The highest BCUT2D eigenvalue weighted by molar-refractivity contribution is 5.92. The van der Waals surface area contributed by atoms with Gasteiger partial charge in [0.15, 0.2) is 0 Å². The summed E-state index contributed by atoms with van der Waals surface area (Å²) in [6, 6.07) is 9.12. The predicted molar refractivity (Wildman–Crippen MR) is 79.2 cm³/mol. The Labute approximate surface area is 122 Å². The second kappa shape index (κ2) is 5.41. The van der Waals surface area contributed by atoms with E-state index in [1.54, 1.807) is 28.8 Å². The summed E-state index contributed by atoms with van der Waals surface area (Å²) in [6.07, 6.45) is 1.93. The quantitative estimate of drug-likeness (QED) is 0.935. The van der Waals surface area contributed by atoms with Crippen molar-refractivity contribution < 1.29 is 9.90 Å². The van der Waals surface area contributed by atoms with Crippen LogP contribution in [0, 0.1) is 16.7 Å². The first kappa shape index (κ1) is 14.8. The number of rotatable bonds is 4. The molecular formula is C16H16N2O3. The molecular weight excluding hydrogens is 268 g/mol. The van der Waals surface area contributed by atoms with E-state index in [1.165, 1.54) is 6.20 Å². The molecule has 1 aromatic carbocycles. The van der Waals surface area contributed by atoms with E-state index in [2.05, 4.69) is 6.07 Å². The molecule has 1 N–H and O–H groups in total. The maximum atomic E-state index is 12.1.